The summed E-state index contributed by atoms with van der Waals surface area (Å²) in [6, 6.07) is 10.3. The molecule has 0 N–H and O–H groups in total. The Morgan fingerprint density at radius 2 is 1.88 bits per heavy atom. The van der Waals surface area contributed by atoms with Gasteiger partial charge in [0.1, 0.15) is 12.4 Å². The summed E-state index contributed by atoms with van der Waals surface area (Å²) in [6.45, 7) is 5.46. The lowest BCUT2D eigenvalue weighted by atomic mass is 10.2. The summed E-state index contributed by atoms with van der Waals surface area (Å²) in [5.74, 6) is 0.584. The fourth-order valence-corrected chi connectivity index (χ4v) is 3.37. The second-order valence-electron chi connectivity index (χ2n) is 5.27. The van der Waals surface area contributed by atoms with E-state index in [1.807, 2.05) is 0 Å². The van der Waals surface area contributed by atoms with E-state index in [0.29, 0.717) is 23.6 Å². The van der Waals surface area contributed by atoms with Crippen molar-refractivity contribution in [2.75, 3.05) is 18.0 Å². The predicted molar refractivity (Wildman–Crippen MR) is 95.6 cm³/mol. The summed E-state index contributed by atoms with van der Waals surface area (Å²) in [6.07, 6.45) is 1.61. The lowest BCUT2D eigenvalue weighted by molar-refractivity contribution is -0.385. The molecule has 2 aromatic carbocycles. The Morgan fingerprint density at radius 3 is 2.44 bits per heavy atom. The first-order chi connectivity index (χ1) is 11.8. The molecule has 0 aliphatic rings. The molecule has 0 bridgehead atoms. The smallest absolute Gasteiger partial charge is 0.273 e. The van der Waals surface area contributed by atoms with Crippen molar-refractivity contribution in [1.82, 2.24) is 0 Å². The monoisotopic (exact) mass is 362 g/mol. The number of hydrogen-bond acceptors (Lipinski definition) is 5. The quantitative estimate of drug-likeness (QED) is 0.428. The molecule has 0 saturated heterocycles. The van der Waals surface area contributed by atoms with Gasteiger partial charge in [0.05, 0.1) is 15.5 Å². The van der Waals surface area contributed by atoms with Crippen LogP contribution in [0.2, 0.25) is 0 Å². The average Bonchev–Trinajstić information content (AvgIpc) is 2.59. The molecule has 0 aliphatic carbocycles. The standard InChI is InChI=1S/C17H18N2O5S/c1-4-11-24-15-8-6-14(7-9-15)18(3)25(22,23)16-10-5-13(2)17(12-16)19(20)21/h4-10,12H,1,11H2,2-3H3. The van der Waals surface area contributed by atoms with Gasteiger partial charge in [0.2, 0.25) is 0 Å². The minimum absolute atomic E-state index is 0.140. The number of nitro benzene ring substituents is 1. The third-order valence-electron chi connectivity index (χ3n) is 3.60. The Hall–Kier alpha value is -2.87. The Bertz CT molecular complexity index is 892. The van der Waals surface area contributed by atoms with Crippen molar-refractivity contribution < 1.29 is 18.1 Å². The molecule has 0 aromatic heterocycles. The molecule has 0 spiro atoms. The second-order valence-corrected chi connectivity index (χ2v) is 7.24. The van der Waals surface area contributed by atoms with Crippen LogP contribution in [0.1, 0.15) is 5.56 Å². The van der Waals surface area contributed by atoms with Gasteiger partial charge in [-0.1, -0.05) is 18.7 Å². The van der Waals surface area contributed by atoms with Gasteiger partial charge < -0.3 is 4.74 Å². The van der Waals surface area contributed by atoms with E-state index in [1.54, 1.807) is 37.3 Å². The van der Waals surface area contributed by atoms with Crippen LogP contribution in [0.3, 0.4) is 0 Å². The zero-order valence-electron chi connectivity index (χ0n) is 13.9. The van der Waals surface area contributed by atoms with Crippen molar-refractivity contribution in [3.05, 3.63) is 70.8 Å². The lowest BCUT2D eigenvalue weighted by Gasteiger charge is -2.20. The molecular weight excluding hydrogens is 344 g/mol. The van der Waals surface area contributed by atoms with Gasteiger partial charge in [-0.25, -0.2) is 8.42 Å². The predicted octanol–water partition coefficient (Wildman–Crippen LogP) is 3.29. The van der Waals surface area contributed by atoms with E-state index in [0.717, 1.165) is 10.4 Å². The molecular formula is C17H18N2O5S. The highest BCUT2D eigenvalue weighted by Crippen LogP contribution is 2.27. The Balaban J connectivity index is 2.34. The Labute approximate surface area is 146 Å². The summed E-state index contributed by atoms with van der Waals surface area (Å²) in [7, 11) is -2.53. The molecule has 0 aliphatic heterocycles. The molecule has 0 fully saturated rings. The lowest BCUT2D eigenvalue weighted by Crippen LogP contribution is -2.26. The van der Waals surface area contributed by atoms with Gasteiger partial charge in [-0.15, -0.1) is 0 Å². The number of rotatable bonds is 7. The van der Waals surface area contributed by atoms with Crippen molar-refractivity contribution in [2.24, 2.45) is 0 Å². The number of hydrogen-bond donors (Lipinski definition) is 0. The molecule has 2 aromatic rings. The topological polar surface area (TPSA) is 89.8 Å². The zero-order valence-corrected chi connectivity index (χ0v) is 14.7. The van der Waals surface area contributed by atoms with Crippen LogP contribution in [-0.4, -0.2) is 27.0 Å². The number of nitro groups is 1. The number of aryl methyl sites for hydroxylation is 1. The van der Waals surface area contributed by atoms with Crippen LogP contribution in [0.5, 0.6) is 5.75 Å². The van der Waals surface area contributed by atoms with Gasteiger partial charge in [-0.3, -0.25) is 14.4 Å². The normalized spacial score (nSPS) is 11.0. The van der Waals surface area contributed by atoms with Crippen LogP contribution in [-0.2, 0) is 10.0 Å². The maximum absolute atomic E-state index is 12.7. The van der Waals surface area contributed by atoms with E-state index in [1.165, 1.54) is 19.2 Å². The Morgan fingerprint density at radius 1 is 1.24 bits per heavy atom. The molecule has 8 heteroatoms. The number of benzene rings is 2. The number of ether oxygens (including phenoxy) is 1. The molecule has 132 valence electrons. The third kappa shape index (κ3) is 3.97. The van der Waals surface area contributed by atoms with Crippen LogP contribution in [0.4, 0.5) is 11.4 Å². The average molecular weight is 362 g/mol. The van der Waals surface area contributed by atoms with Crippen molar-refractivity contribution in [1.29, 1.82) is 0 Å². The van der Waals surface area contributed by atoms with Gasteiger partial charge in [0, 0.05) is 18.7 Å². The molecule has 25 heavy (non-hydrogen) atoms. The fraction of sp³-hybridized carbons (Fsp3) is 0.176. The van der Waals surface area contributed by atoms with E-state index in [-0.39, 0.29) is 10.6 Å². The highest BCUT2D eigenvalue weighted by molar-refractivity contribution is 7.92. The number of anilines is 1. The number of sulfonamides is 1. The van der Waals surface area contributed by atoms with E-state index in [9.17, 15) is 18.5 Å². The molecule has 7 nitrogen and oxygen atoms in total. The third-order valence-corrected chi connectivity index (χ3v) is 5.39. The molecule has 0 radical (unpaired) electrons. The summed E-state index contributed by atoms with van der Waals surface area (Å²) in [5, 5.41) is 11.0. The summed E-state index contributed by atoms with van der Waals surface area (Å²) in [4.78, 5) is 10.3. The van der Waals surface area contributed by atoms with E-state index < -0.39 is 14.9 Å². The highest BCUT2D eigenvalue weighted by Gasteiger charge is 2.24. The molecule has 0 heterocycles. The maximum atomic E-state index is 12.7. The van der Waals surface area contributed by atoms with Gasteiger partial charge in [-0.2, -0.15) is 0 Å². The summed E-state index contributed by atoms with van der Waals surface area (Å²) in [5.41, 5.74) is 0.576. The van der Waals surface area contributed by atoms with E-state index >= 15 is 0 Å². The first-order valence-electron chi connectivity index (χ1n) is 7.35. The van der Waals surface area contributed by atoms with Crippen LogP contribution in [0, 0.1) is 17.0 Å². The van der Waals surface area contributed by atoms with Gasteiger partial charge in [0.25, 0.3) is 15.7 Å². The van der Waals surface area contributed by atoms with Gasteiger partial charge in [-0.05, 0) is 37.3 Å². The fourth-order valence-electron chi connectivity index (χ4n) is 2.15. The molecule has 0 saturated carbocycles. The summed E-state index contributed by atoms with van der Waals surface area (Å²) >= 11 is 0. The Kier molecular flexibility index (Phi) is 5.43. The van der Waals surface area contributed by atoms with Gasteiger partial charge in [0.15, 0.2) is 0 Å². The minimum atomic E-state index is -3.92. The molecule has 2 rings (SSSR count). The minimum Gasteiger partial charge on any atom is -0.490 e. The number of nitrogens with zero attached hydrogens (tertiary/aromatic N) is 2. The van der Waals surface area contributed by atoms with Crippen LogP contribution < -0.4 is 9.04 Å². The van der Waals surface area contributed by atoms with E-state index in [2.05, 4.69) is 6.58 Å². The van der Waals surface area contributed by atoms with Crippen molar-refractivity contribution >= 4 is 21.4 Å². The van der Waals surface area contributed by atoms with Crippen LogP contribution >= 0.6 is 0 Å². The molecule has 0 atom stereocenters. The van der Waals surface area contributed by atoms with Gasteiger partial charge >= 0.3 is 0 Å². The van der Waals surface area contributed by atoms with Crippen molar-refractivity contribution in [3.63, 3.8) is 0 Å². The molecule has 0 amide bonds. The maximum Gasteiger partial charge on any atom is 0.273 e. The zero-order chi connectivity index (χ0) is 18.6. The summed E-state index contributed by atoms with van der Waals surface area (Å²) < 4.78 is 31.9. The van der Waals surface area contributed by atoms with E-state index in [4.69, 9.17) is 4.74 Å². The van der Waals surface area contributed by atoms with Crippen molar-refractivity contribution in [2.45, 2.75) is 11.8 Å². The highest BCUT2D eigenvalue weighted by atomic mass is 32.2. The first kappa shape index (κ1) is 18.5. The van der Waals surface area contributed by atoms with Crippen molar-refractivity contribution in [3.8, 4) is 5.75 Å². The second kappa shape index (κ2) is 7.35. The van der Waals surface area contributed by atoms with Crippen LogP contribution in [0.25, 0.3) is 0 Å². The first-order valence-corrected chi connectivity index (χ1v) is 8.79. The van der Waals surface area contributed by atoms with Crippen LogP contribution in [0.15, 0.2) is 60.0 Å². The SMILES string of the molecule is C=CCOc1ccc(N(C)S(=O)(=O)c2ccc(C)c([N+](=O)[O-])c2)cc1. The largest absolute Gasteiger partial charge is 0.490 e. The molecule has 0 unspecified atom stereocenters.